The minimum absolute atomic E-state index is 0.0149. The number of nitro benzene ring substituents is 1. The van der Waals surface area contributed by atoms with Crippen LogP contribution in [0.4, 0.5) is 5.69 Å². The van der Waals surface area contributed by atoms with Crippen LogP contribution in [-0.2, 0) is 0 Å². The molecule has 0 aliphatic carbocycles. The molecule has 0 saturated carbocycles. The summed E-state index contributed by atoms with van der Waals surface area (Å²) in [7, 11) is 0. The third kappa shape index (κ3) is 2.77. The summed E-state index contributed by atoms with van der Waals surface area (Å²) >= 11 is 0. The molecular weight excluding hydrogens is 404 g/mol. The van der Waals surface area contributed by atoms with Gasteiger partial charge in [-0.05, 0) is 30.3 Å². The Bertz CT molecular complexity index is 1580. The van der Waals surface area contributed by atoms with Gasteiger partial charge in [0.15, 0.2) is 0 Å². The summed E-state index contributed by atoms with van der Waals surface area (Å²) in [6, 6.07) is 9.94. The number of phenols is 1. The Morgan fingerprint density at radius 3 is 2.52 bits per heavy atom. The molecule has 31 heavy (non-hydrogen) atoms. The number of hydrogen-bond donors (Lipinski definition) is 4. The minimum atomic E-state index is -1.32. The third-order valence-electron chi connectivity index (χ3n) is 5.13. The van der Waals surface area contributed by atoms with Crippen LogP contribution < -0.4 is 0 Å². The summed E-state index contributed by atoms with van der Waals surface area (Å²) in [6.07, 6.45) is 1.41. The molecule has 0 saturated heterocycles. The molecule has 4 N–H and O–H groups in total. The van der Waals surface area contributed by atoms with Crippen LogP contribution >= 0.6 is 0 Å². The van der Waals surface area contributed by atoms with Crippen LogP contribution in [0.25, 0.3) is 32.7 Å². The normalized spacial score (nSPS) is 11.4. The number of H-pyrrole nitrogens is 2. The minimum Gasteiger partial charge on any atom is -0.508 e. The van der Waals surface area contributed by atoms with Crippen LogP contribution in [0.1, 0.15) is 26.5 Å². The lowest BCUT2D eigenvalue weighted by atomic mass is 10.0. The molecule has 0 fully saturated rings. The Morgan fingerprint density at radius 2 is 1.77 bits per heavy atom. The van der Waals surface area contributed by atoms with E-state index in [1.807, 2.05) is 0 Å². The van der Waals surface area contributed by atoms with Crippen molar-refractivity contribution < 1.29 is 24.7 Å². The number of non-ortho nitro benzene ring substituents is 1. The second-order valence-electron chi connectivity index (χ2n) is 6.96. The van der Waals surface area contributed by atoms with Crippen LogP contribution in [0.3, 0.4) is 0 Å². The van der Waals surface area contributed by atoms with Crippen molar-refractivity contribution in [1.82, 2.24) is 15.0 Å². The van der Waals surface area contributed by atoms with Gasteiger partial charge >= 0.3 is 5.97 Å². The number of ketones is 1. The zero-order valence-corrected chi connectivity index (χ0v) is 15.5. The summed E-state index contributed by atoms with van der Waals surface area (Å²) in [5.41, 5.74) is 0.859. The number of nitrogens with one attached hydrogen (secondary N) is 2. The molecule has 0 bridgehead atoms. The number of nitrogens with zero attached hydrogens (tertiary/aromatic N) is 2. The Balaban J connectivity index is 1.80. The number of aromatic carboxylic acids is 1. The van der Waals surface area contributed by atoms with Gasteiger partial charge in [-0.25, -0.2) is 9.78 Å². The van der Waals surface area contributed by atoms with Gasteiger partial charge in [-0.1, -0.05) is 0 Å². The van der Waals surface area contributed by atoms with Gasteiger partial charge in [0, 0.05) is 51.1 Å². The molecule has 0 aliphatic heterocycles. The SMILES string of the molecule is O=C(O)c1cc2c([nH]c3ccc(O)cc32)c(C(=O)c2c[nH]c3ccc([N+](=O)[O-])cc23)n1. The Labute approximate surface area is 171 Å². The van der Waals surface area contributed by atoms with E-state index in [0.29, 0.717) is 32.7 Å². The lowest BCUT2D eigenvalue weighted by Crippen LogP contribution is -2.09. The van der Waals surface area contributed by atoms with E-state index in [1.165, 1.54) is 42.6 Å². The van der Waals surface area contributed by atoms with Gasteiger partial charge in [-0.15, -0.1) is 0 Å². The number of fused-ring (bicyclic) bond motifs is 4. The first-order valence-electron chi connectivity index (χ1n) is 9.02. The molecule has 152 valence electrons. The number of carbonyl (C=O) groups excluding carboxylic acids is 1. The van der Waals surface area contributed by atoms with E-state index in [0.717, 1.165) is 0 Å². The number of aromatic amines is 2. The predicted molar refractivity (Wildman–Crippen MR) is 111 cm³/mol. The quantitative estimate of drug-likeness (QED) is 0.197. The molecular formula is C21H12N4O6. The van der Waals surface area contributed by atoms with Crippen molar-refractivity contribution in [2.45, 2.75) is 0 Å². The van der Waals surface area contributed by atoms with Crippen LogP contribution in [-0.4, -0.2) is 41.8 Å². The third-order valence-corrected chi connectivity index (χ3v) is 5.13. The monoisotopic (exact) mass is 416 g/mol. The van der Waals surface area contributed by atoms with Gasteiger partial charge in [-0.2, -0.15) is 0 Å². The van der Waals surface area contributed by atoms with Crippen LogP contribution in [0, 0.1) is 10.1 Å². The Morgan fingerprint density at radius 1 is 1.00 bits per heavy atom. The fourth-order valence-electron chi connectivity index (χ4n) is 3.69. The zero-order valence-electron chi connectivity index (χ0n) is 15.5. The van der Waals surface area contributed by atoms with Crippen LogP contribution in [0.5, 0.6) is 5.75 Å². The van der Waals surface area contributed by atoms with Crippen molar-refractivity contribution >= 4 is 50.1 Å². The predicted octanol–water partition coefficient (Wildman–Crippen LogP) is 3.74. The number of carbonyl (C=O) groups is 2. The number of carboxylic acids is 1. The van der Waals surface area contributed by atoms with Crippen molar-refractivity contribution in [2.24, 2.45) is 0 Å². The molecule has 0 amide bonds. The highest BCUT2D eigenvalue weighted by atomic mass is 16.6. The van der Waals surface area contributed by atoms with E-state index in [9.17, 15) is 29.9 Å². The summed E-state index contributed by atoms with van der Waals surface area (Å²) in [4.78, 5) is 45.6. The fraction of sp³-hybridized carbons (Fsp3) is 0. The molecule has 0 aliphatic rings. The van der Waals surface area contributed by atoms with Crippen molar-refractivity contribution in [3.8, 4) is 5.75 Å². The smallest absolute Gasteiger partial charge is 0.354 e. The van der Waals surface area contributed by atoms with Gasteiger partial charge in [0.1, 0.15) is 17.1 Å². The highest BCUT2D eigenvalue weighted by Crippen LogP contribution is 2.32. The van der Waals surface area contributed by atoms with Crippen molar-refractivity contribution in [1.29, 1.82) is 0 Å². The maximum atomic E-state index is 13.4. The molecule has 5 rings (SSSR count). The molecule has 3 heterocycles. The van der Waals surface area contributed by atoms with Crippen molar-refractivity contribution in [2.75, 3.05) is 0 Å². The lowest BCUT2D eigenvalue weighted by molar-refractivity contribution is -0.384. The number of carboxylic acid groups (broad SMARTS) is 1. The summed E-state index contributed by atoms with van der Waals surface area (Å²) in [6.45, 7) is 0. The van der Waals surface area contributed by atoms with E-state index in [1.54, 1.807) is 6.07 Å². The second-order valence-corrected chi connectivity index (χ2v) is 6.96. The molecule has 0 atom stereocenters. The fourth-order valence-corrected chi connectivity index (χ4v) is 3.69. The number of benzene rings is 2. The second kappa shape index (κ2) is 6.39. The number of aromatic nitrogens is 3. The highest BCUT2D eigenvalue weighted by molar-refractivity contribution is 6.23. The number of hydrogen-bond acceptors (Lipinski definition) is 6. The number of nitro groups is 1. The number of rotatable bonds is 4. The average molecular weight is 416 g/mol. The Hall–Kier alpha value is -4.73. The van der Waals surface area contributed by atoms with Gasteiger partial charge < -0.3 is 20.2 Å². The lowest BCUT2D eigenvalue weighted by Gasteiger charge is -2.04. The van der Waals surface area contributed by atoms with Gasteiger partial charge in [-0.3, -0.25) is 14.9 Å². The standard InChI is InChI=1S/C21H12N4O6/c26-10-2-4-16-12(6-10)13-7-17(21(28)29)24-19(18(13)23-16)20(27)14-8-22-15-3-1-9(25(30)31)5-11(14)15/h1-8,22-23,26H,(H,28,29). The summed E-state index contributed by atoms with van der Waals surface area (Å²) in [5.74, 6) is -1.94. The molecule has 2 aromatic carbocycles. The van der Waals surface area contributed by atoms with E-state index in [4.69, 9.17) is 0 Å². The molecule has 3 aromatic heterocycles. The average Bonchev–Trinajstić information content (AvgIpc) is 3.33. The molecule has 5 aromatic rings. The number of phenolic OH excluding ortho intramolecular Hbond substituents is 1. The molecule has 0 radical (unpaired) electrons. The number of pyridine rings is 1. The van der Waals surface area contributed by atoms with Crippen LogP contribution in [0.2, 0.25) is 0 Å². The maximum absolute atomic E-state index is 13.4. The largest absolute Gasteiger partial charge is 0.508 e. The van der Waals surface area contributed by atoms with E-state index in [2.05, 4.69) is 15.0 Å². The van der Waals surface area contributed by atoms with Gasteiger partial charge in [0.2, 0.25) is 5.78 Å². The van der Waals surface area contributed by atoms with Crippen molar-refractivity contribution in [3.05, 3.63) is 75.7 Å². The van der Waals surface area contributed by atoms with Gasteiger partial charge in [0.25, 0.3) is 5.69 Å². The molecule has 10 heteroatoms. The van der Waals surface area contributed by atoms with E-state index < -0.39 is 16.7 Å². The highest BCUT2D eigenvalue weighted by Gasteiger charge is 2.24. The topological polar surface area (TPSA) is 162 Å². The molecule has 0 spiro atoms. The van der Waals surface area contributed by atoms with E-state index in [-0.39, 0.29) is 28.4 Å². The maximum Gasteiger partial charge on any atom is 0.354 e. The Kier molecular flexibility index (Phi) is 3.77. The van der Waals surface area contributed by atoms with Gasteiger partial charge in [0.05, 0.1) is 10.4 Å². The number of aromatic hydroxyl groups is 1. The summed E-state index contributed by atoms with van der Waals surface area (Å²) < 4.78 is 0. The molecule has 10 nitrogen and oxygen atoms in total. The summed E-state index contributed by atoms with van der Waals surface area (Å²) in [5, 5.41) is 31.7. The van der Waals surface area contributed by atoms with E-state index >= 15 is 0 Å². The van der Waals surface area contributed by atoms with Crippen LogP contribution in [0.15, 0.2) is 48.7 Å². The molecule has 0 unspecified atom stereocenters. The zero-order chi connectivity index (χ0) is 21.9. The van der Waals surface area contributed by atoms with Crippen molar-refractivity contribution in [3.63, 3.8) is 0 Å². The first-order valence-corrected chi connectivity index (χ1v) is 9.02. The first-order chi connectivity index (χ1) is 14.8. The first kappa shape index (κ1) is 18.3.